The van der Waals surface area contributed by atoms with E-state index in [2.05, 4.69) is 10.3 Å². The van der Waals surface area contributed by atoms with Crippen molar-refractivity contribution >= 4 is 22.9 Å². The first kappa shape index (κ1) is 18.1. The van der Waals surface area contributed by atoms with Crippen LogP contribution in [-0.4, -0.2) is 10.9 Å². The predicted octanol–water partition coefficient (Wildman–Crippen LogP) is 5.80. The SMILES string of the molecule is O=C(Cc1ccccc1)Nc1ccccc1-c1csc(-c2ccccc2F)n1. The highest BCUT2D eigenvalue weighted by molar-refractivity contribution is 7.13. The van der Waals surface area contributed by atoms with E-state index in [1.807, 2.05) is 60.0 Å². The first-order valence-electron chi connectivity index (χ1n) is 8.84. The van der Waals surface area contributed by atoms with Gasteiger partial charge >= 0.3 is 0 Å². The summed E-state index contributed by atoms with van der Waals surface area (Å²) < 4.78 is 14.1. The molecule has 0 aliphatic carbocycles. The molecule has 0 bridgehead atoms. The van der Waals surface area contributed by atoms with Gasteiger partial charge < -0.3 is 5.32 Å². The number of hydrogen-bond donors (Lipinski definition) is 1. The molecule has 0 radical (unpaired) electrons. The Morgan fingerprint density at radius 1 is 0.893 bits per heavy atom. The van der Waals surface area contributed by atoms with Crippen molar-refractivity contribution in [3.63, 3.8) is 0 Å². The van der Waals surface area contributed by atoms with E-state index in [9.17, 15) is 9.18 Å². The van der Waals surface area contributed by atoms with Crippen molar-refractivity contribution in [2.75, 3.05) is 5.32 Å². The highest BCUT2D eigenvalue weighted by atomic mass is 32.1. The normalized spacial score (nSPS) is 10.6. The lowest BCUT2D eigenvalue weighted by atomic mass is 10.1. The maximum atomic E-state index is 14.1. The Bertz CT molecular complexity index is 1110. The summed E-state index contributed by atoms with van der Waals surface area (Å²) in [5, 5.41) is 5.46. The smallest absolute Gasteiger partial charge is 0.228 e. The first-order valence-corrected chi connectivity index (χ1v) is 9.72. The van der Waals surface area contributed by atoms with Crippen LogP contribution in [0.5, 0.6) is 0 Å². The molecule has 0 saturated carbocycles. The van der Waals surface area contributed by atoms with Gasteiger partial charge in [0.15, 0.2) is 0 Å². The fourth-order valence-electron chi connectivity index (χ4n) is 2.95. The van der Waals surface area contributed by atoms with E-state index in [-0.39, 0.29) is 11.7 Å². The monoisotopic (exact) mass is 388 g/mol. The van der Waals surface area contributed by atoms with E-state index in [0.717, 1.165) is 11.1 Å². The van der Waals surface area contributed by atoms with E-state index in [0.29, 0.717) is 28.4 Å². The van der Waals surface area contributed by atoms with Gasteiger partial charge in [-0.25, -0.2) is 9.37 Å². The number of aromatic nitrogens is 1. The highest BCUT2D eigenvalue weighted by Gasteiger charge is 2.14. The minimum atomic E-state index is -0.298. The fraction of sp³-hybridized carbons (Fsp3) is 0.0435. The molecule has 0 aliphatic heterocycles. The lowest BCUT2D eigenvalue weighted by Crippen LogP contribution is -2.14. The number of hydrogen-bond acceptors (Lipinski definition) is 3. The van der Waals surface area contributed by atoms with E-state index in [4.69, 9.17) is 0 Å². The topological polar surface area (TPSA) is 42.0 Å². The van der Waals surface area contributed by atoms with Crippen LogP contribution >= 0.6 is 11.3 Å². The van der Waals surface area contributed by atoms with Crippen LogP contribution in [0.4, 0.5) is 10.1 Å². The average Bonchev–Trinajstić information content (AvgIpc) is 3.19. The summed E-state index contributed by atoms with van der Waals surface area (Å²) in [7, 11) is 0. The first-order chi connectivity index (χ1) is 13.7. The molecule has 0 unspecified atom stereocenters. The van der Waals surface area contributed by atoms with Gasteiger partial charge in [-0.3, -0.25) is 4.79 Å². The summed E-state index contributed by atoms with van der Waals surface area (Å²) in [6, 6.07) is 23.7. The van der Waals surface area contributed by atoms with Gasteiger partial charge in [0, 0.05) is 16.5 Å². The molecule has 4 rings (SSSR count). The molecular weight excluding hydrogens is 371 g/mol. The van der Waals surface area contributed by atoms with Crippen molar-refractivity contribution in [2.45, 2.75) is 6.42 Å². The van der Waals surface area contributed by atoms with Gasteiger partial charge in [-0.1, -0.05) is 60.7 Å². The molecule has 0 spiro atoms. The Labute approximate surface area is 166 Å². The summed E-state index contributed by atoms with van der Waals surface area (Å²) in [5.41, 5.74) is 3.63. The molecule has 0 atom stereocenters. The zero-order chi connectivity index (χ0) is 19.3. The maximum absolute atomic E-state index is 14.1. The lowest BCUT2D eigenvalue weighted by molar-refractivity contribution is -0.115. The van der Waals surface area contributed by atoms with E-state index < -0.39 is 0 Å². The Hall–Kier alpha value is -3.31. The molecular formula is C23H17FN2OS. The van der Waals surface area contributed by atoms with Crippen molar-refractivity contribution in [3.8, 4) is 21.8 Å². The van der Waals surface area contributed by atoms with Crippen molar-refractivity contribution in [2.24, 2.45) is 0 Å². The van der Waals surface area contributed by atoms with Crippen LogP contribution in [0, 0.1) is 5.82 Å². The minimum absolute atomic E-state index is 0.0943. The maximum Gasteiger partial charge on any atom is 0.228 e. The minimum Gasteiger partial charge on any atom is -0.325 e. The number of anilines is 1. The molecule has 28 heavy (non-hydrogen) atoms. The number of halogens is 1. The molecule has 0 fully saturated rings. The number of carbonyl (C=O) groups is 1. The molecule has 1 N–H and O–H groups in total. The molecule has 3 nitrogen and oxygen atoms in total. The summed E-state index contributed by atoms with van der Waals surface area (Å²) in [6.07, 6.45) is 0.298. The second-order valence-electron chi connectivity index (χ2n) is 6.27. The number of benzene rings is 3. The Morgan fingerprint density at radius 2 is 1.57 bits per heavy atom. The number of nitrogens with zero attached hydrogens (tertiary/aromatic N) is 1. The lowest BCUT2D eigenvalue weighted by Gasteiger charge is -2.09. The molecule has 5 heteroatoms. The third kappa shape index (κ3) is 4.00. The van der Waals surface area contributed by atoms with Gasteiger partial charge in [0.05, 0.1) is 17.8 Å². The molecule has 3 aromatic carbocycles. The Morgan fingerprint density at radius 3 is 2.36 bits per heavy atom. The van der Waals surface area contributed by atoms with Gasteiger partial charge in [-0.15, -0.1) is 11.3 Å². The summed E-state index contributed by atoms with van der Waals surface area (Å²) in [6.45, 7) is 0. The van der Waals surface area contributed by atoms with Crippen LogP contribution in [0.2, 0.25) is 0 Å². The van der Waals surface area contributed by atoms with E-state index >= 15 is 0 Å². The Kier molecular flexibility index (Phi) is 5.26. The number of rotatable bonds is 5. The highest BCUT2D eigenvalue weighted by Crippen LogP contribution is 2.33. The number of nitrogens with one attached hydrogen (secondary N) is 1. The third-order valence-electron chi connectivity index (χ3n) is 4.29. The third-order valence-corrected chi connectivity index (χ3v) is 5.17. The summed E-state index contributed by atoms with van der Waals surface area (Å²) >= 11 is 1.38. The second-order valence-corrected chi connectivity index (χ2v) is 7.13. The van der Waals surface area contributed by atoms with Crippen molar-refractivity contribution in [1.29, 1.82) is 0 Å². The number of para-hydroxylation sites is 1. The number of carbonyl (C=O) groups excluding carboxylic acids is 1. The van der Waals surface area contributed by atoms with Gasteiger partial charge in [0.1, 0.15) is 10.8 Å². The van der Waals surface area contributed by atoms with Crippen LogP contribution in [0.25, 0.3) is 21.8 Å². The average molecular weight is 388 g/mol. The van der Waals surface area contributed by atoms with Crippen LogP contribution < -0.4 is 5.32 Å². The van der Waals surface area contributed by atoms with Gasteiger partial charge in [0.25, 0.3) is 0 Å². The van der Waals surface area contributed by atoms with Crippen LogP contribution in [0.3, 0.4) is 0 Å². The standard InChI is InChI=1S/C23H17FN2OS/c24-19-12-6-4-10-17(19)23-26-21(15-28-23)18-11-5-7-13-20(18)25-22(27)14-16-8-2-1-3-9-16/h1-13,15H,14H2,(H,25,27). The molecule has 1 heterocycles. The quantitative estimate of drug-likeness (QED) is 0.470. The predicted molar refractivity (Wildman–Crippen MR) is 112 cm³/mol. The summed E-state index contributed by atoms with van der Waals surface area (Å²) in [4.78, 5) is 17.0. The van der Waals surface area contributed by atoms with E-state index in [1.165, 1.54) is 17.4 Å². The van der Waals surface area contributed by atoms with Crippen molar-refractivity contribution < 1.29 is 9.18 Å². The molecule has 1 amide bonds. The molecule has 0 aliphatic rings. The molecule has 4 aromatic rings. The zero-order valence-electron chi connectivity index (χ0n) is 14.9. The van der Waals surface area contributed by atoms with Crippen molar-refractivity contribution in [1.82, 2.24) is 4.98 Å². The van der Waals surface area contributed by atoms with E-state index in [1.54, 1.807) is 18.2 Å². The number of amides is 1. The van der Waals surface area contributed by atoms with Crippen LogP contribution in [0.1, 0.15) is 5.56 Å². The van der Waals surface area contributed by atoms with Gasteiger partial charge in [-0.05, 0) is 23.8 Å². The summed E-state index contributed by atoms with van der Waals surface area (Å²) in [5.74, 6) is -0.393. The van der Waals surface area contributed by atoms with Crippen LogP contribution in [0.15, 0.2) is 84.2 Å². The Balaban J connectivity index is 1.58. The zero-order valence-corrected chi connectivity index (χ0v) is 15.7. The number of thiazole rings is 1. The van der Waals surface area contributed by atoms with Gasteiger partial charge in [-0.2, -0.15) is 0 Å². The van der Waals surface area contributed by atoms with Crippen molar-refractivity contribution in [3.05, 3.63) is 95.6 Å². The molecule has 138 valence electrons. The fourth-order valence-corrected chi connectivity index (χ4v) is 3.79. The second kappa shape index (κ2) is 8.15. The molecule has 0 saturated heterocycles. The van der Waals surface area contributed by atoms with Gasteiger partial charge in [0.2, 0.25) is 5.91 Å². The molecule has 1 aromatic heterocycles. The van der Waals surface area contributed by atoms with Crippen LogP contribution in [-0.2, 0) is 11.2 Å². The largest absolute Gasteiger partial charge is 0.325 e.